The topological polar surface area (TPSA) is 20.3 Å². The molecule has 0 N–H and O–H groups in total. The van der Waals surface area contributed by atoms with Gasteiger partial charge in [-0.1, -0.05) is 22.0 Å². The Labute approximate surface area is 115 Å². The van der Waals surface area contributed by atoms with E-state index in [1.807, 2.05) is 30.0 Å². The fraction of sp³-hybridized carbons (Fsp3) is 0.462. The van der Waals surface area contributed by atoms with E-state index < -0.39 is 0 Å². The van der Waals surface area contributed by atoms with Crippen molar-refractivity contribution >= 4 is 33.4 Å². The molecule has 1 aliphatic rings. The smallest absolute Gasteiger partial charge is 0.254 e. The third kappa shape index (κ3) is 2.66. The summed E-state index contributed by atoms with van der Waals surface area (Å²) in [6.07, 6.45) is 1.02. The molecule has 1 unspecified atom stereocenters. The van der Waals surface area contributed by atoms with Crippen LogP contribution in [0.25, 0.3) is 0 Å². The van der Waals surface area contributed by atoms with Crippen LogP contribution < -0.4 is 0 Å². The maximum Gasteiger partial charge on any atom is 0.254 e. The highest BCUT2D eigenvalue weighted by molar-refractivity contribution is 9.10. The molecule has 4 heteroatoms. The molecule has 0 spiro atoms. The second kappa shape index (κ2) is 5.40. The third-order valence-corrected chi connectivity index (χ3v) is 4.58. The lowest BCUT2D eigenvalue weighted by Gasteiger charge is -2.17. The number of carbonyl (C=O) groups excluding carboxylic acids is 1. The standard InChI is InChI=1S/C13H15BrClNO/c1-9-11(3-2-4-12(9)14)13(17)16-6-5-10(7-15)8-16/h2-4,10H,5-8H2,1H3. The van der Waals surface area contributed by atoms with Gasteiger partial charge in [-0.15, -0.1) is 11.6 Å². The molecular formula is C13H15BrClNO. The Morgan fingerprint density at radius 2 is 2.35 bits per heavy atom. The molecule has 1 aromatic rings. The molecule has 0 bridgehead atoms. The van der Waals surface area contributed by atoms with Gasteiger partial charge in [0.1, 0.15) is 0 Å². The van der Waals surface area contributed by atoms with Crippen LogP contribution in [-0.4, -0.2) is 29.8 Å². The van der Waals surface area contributed by atoms with Crippen LogP contribution in [-0.2, 0) is 0 Å². The van der Waals surface area contributed by atoms with Crippen LogP contribution in [0.2, 0.25) is 0 Å². The molecule has 1 saturated heterocycles. The Bertz CT molecular complexity index is 435. The fourth-order valence-electron chi connectivity index (χ4n) is 2.15. The van der Waals surface area contributed by atoms with Crippen molar-refractivity contribution in [3.8, 4) is 0 Å². The molecule has 2 rings (SSSR count). The van der Waals surface area contributed by atoms with Crippen LogP contribution in [0.5, 0.6) is 0 Å². The van der Waals surface area contributed by atoms with Crippen LogP contribution in [0.4, 0.5) is 0 Å². The Hall–Kier alpha value is -0.540. The van der Waals surface area contributed by atoms with Gasteiger partial charge in [-0.2, -0.15) is 0 Å². The number of amides is 1. The number of carbonyl (C=O) groups is 1. The molecule has 17 heavy (non-hydrogen) atoms. The summed E-state index contributed by atoms with van der Waals surface area (Å²) in [5.41, 5.74) is 1.79. The second-order valence-corrected chi connectivity index (χ2v) is 5.64. The first-order chi connectivity index (χ1) is 8.13. The zero-order chi connectivity index (χ0) is 12.4. The summed E-state index contributed by atoms with van der Waals surface area (Å²) in [5.74, 6) is 1.21. The van der Waals surface area contributed by atoms with Crippen molar-refractivity contribution in [2.45, 2.75) is 13.3 Å². The van der Waals surface area contributed by atoms with Gasteiger partial charge in [-0.05, 0) is 37.0 Å². The molecule has 2 nitrogen and oxygen atoms in total. The van der Waals surface area contributed by atoms with E-state index in [1.165, 1.54) is 0 Å². The van der Waals surface area contributed by atoms with Gasteiger partial charge in [-0.3, -0.25) is 4.79 Å². The molecule has 1 aliphatic heterocycles. The normalized spacial score (nSPS) is 19.7. The van der Waals surface area contributed by atoms with Gasteiger partial charge in [0.05, 0.1) is 0 Å². The fourth-order valence-corrected chi connectivity index (χ4v) is 2.77. The van der Waals surface area contributed by atoms with Crippen LogP contribution in [0, 0.1) is 12.8 Å². The molecule has 0 radical (unpaired) electrons. The summed E-state index contributed by atoms with van der Waals surface area (Å²) in [5, 5.41) is 0. The summed E-state index contributed by atoms with van der Waals surface area (Å²) >= 11 is 9.29. The van der Waals surface area contributed by atoms with Crippen LogP contribution in [0.1, 0.15) is 22.3 Å². The minimum Gasteiger partial charge on any atom is -0.338 e. The highest BCUT2D eigenvalue weighted by Crippen LogP contribution is 2.24. The van der Waals surface area contributed by atoms with Gasteiger partial charge in [-0.25, -0.2) is 0 Å². The number of benzene rings is 1. The third-order valence-electron chi connectivity index (χ3n) is 3.29. The van der Waals surface area contributed by atoms with Gasteiger partial charge in [0.25, 0.3) is 5.91 Å². The highest BCUT2D eigenvalue weighted by atomic mass is 79.9. The Morgan fingerprint density at radius 3 is 3.00 bits per heavy atom. The average Bonchev–Trinajstić information content (AvgIpc) is 2.80. The van der Waals surface area contributed by atoms with Crippen molar-refractivity contribution in [2.75, 3.05) is 19.0 Å². The summed E-state index contributed by atoms with van der Waals surface area (Å²) in [6.45, 7) is 3.57. The summed E-state index contributed by atoms with van der Waals surface area (Å²) in [6, 6.07) is 5.74. The molecule has 0 aromatic heterocycles. The number of hydrogen-bond donors (Lipinski definition) is 0. The van der Waals surface area contributed by atoms with Crippen molar-refractivity contribution in [3.63, 3.8) is 0 Å². The number of halogens is 2. The predicted octanol–water partition coefficient (Wildman–Crippen LogP) is 3.46. The molecule has 1 atom stereocenters. The highest BCUT2D eigenvalue weighted by Gasteiger charge is 2.27. The maximum absolute atomic E-state index is 12.3. The van der Waals surface area contributed by atoms with E-state index in [4.69, 9.17) is 11.6 Å². The van der Waals surface area contributed by atoms with E-state index in [0.717, 1.165) is 35.1 Å². The Morgan fingerprint density at radius 1 is 1.59 bits per heavy atom. The van der Waals surface area contributed by atoms with Crippen molar-refractivity contribution in [1.82, 2.24) is 4.90 Å². The van der Waals surface area contributed by atoms with E-state index in [1.54, 1.807) is 0 Å². The number of hydrogen-bond acceptors (Lipinski definition) is 1. The first-order valence-electron chi connectivity index (χ1n) is 5.74. The van der Waals surface area contributed by atoms with Gasteiger partial charge in [0.15, 0.2) is 0 Å². The number of rotatable bonds is 2. The lowest BCUT2D eigenvalue weighted by Crippen LogP contribution is -2.29. The maximum atomic E-state index is 12.3. The SMILES string of the molecule is Cc1c(Br)cccc1C(=O)N1CCC(CCl)C1. The van der Waals surface area contributed by atoms with Gasteiger partial charge in [0, 0.05) is 29.0 Å². The lowest BCUT2D eigenvalue weighted by atomic mass is 10.1. The lowest BCUT2D eigenvalue weighted by molar-refractivity contribution is 0.0787. The predicted molar refractivity (Wildman–Crippen MR) is 73.6 cm³/mol. The first kappa shape index (κ1) is 12.9. The molecule has 1 aromatic carbocycles. The molecule has 1 heterocycles. The van der Waals surface area contributed by atoms with Crippen molar-refractivity contribution < 1.29 is 4.79 Å². The molecule has 0 aliphatic carbocycles. The summed E-state index contributed by atoms with van der Waals surface area (Å²) in [7, 11) is 0. The van der Waals surface area contributed by atoms with E-state index in [2.05, 4.69) is 15.9 Å². The molecular weight excluding hydrogens is 302 g/mol. The summed E-state index contributed by atoms with van der Waals surface area (Å²) < 4.78 is 0.983. The van der Waals surface area contributed by atoms with Gasteiger partial charge >= 0.3 is 0 Å². The zero-order valence-electron chi connectivity index (χ0n) is 9.75. The van der Waals surface area contributed by atoms with Crippen molar-refractivity contribution in [1.29, 1.82) is 0 Å². The quantitative estimate of drug-likeness (QED) is 0.765. The Kier molecular flexibility index (Phi) is 4.10. The van der Waals surface area contributed by atoms with E-state index in [-0.39, 0.29) is 5.91 Å². The number of likely N-dealkylation sites (tertiary alicyclic amines) is 1. The van der Waals surface area contributed by atoms with Crippen molar-refractivity contribution in [3.05, 3.63) is 33.8 Å². The zero-order valence-corrected chi connectivity index (χ0v) is 12.1. The van der Waals surface area contributed by atoms with E-state index in [0.29, 0.717) is 11.8 Å². The van der Waals surface area contributed by atoms with Gasteiger partial charge in [0.2, 0.25) is 0 Å². The van der Waals surface area contributed by atoms with Crippen molar-refractivity contribution in [2.24, 2.45) is 5.92 Å². The van der Waals surface area contributed by atoms with E-state index in [9.17, 15) is 4.79 Å². The minimum atomic E-state index is 0.122. The minimum absolute atomic E-state index is 0.122. The molecule has 1 amide bonds. The largest absolute Gasteiger partial charge is 0.338 e. The van der Waals surface area contributed by atoms with Crippen LogP contribution in [0.3, 0.4) is 0 Å². The second-order valence-electron chi connectivity index (χ2n) is 4.47. The number of nitrogens with zero attached hydrogens (tertiary/aromatic N) is 1. The Balaban J connectivity index is 2.18. The van der Waals surface area contributed by atoms with Crippen LogP contribution >= 0.6 is 27.5 Å². The average molecular weight is 317 g/mol. The molecule has 0 saturated carbocycles. The number of alkyl halides is 1. The van der Waals surface area contributed by atoms with Crippen LogP contribution in [0.15, 0.2) is 22.7 Å². The molecule has 1 fully saturated rings. The molecule has 92 valence electrons. The van der Waals surface area contributed by atoms with E-state index >= 15 is 0 Å². The van der Waals surface area contributed by atoms with Gasteiger partial charge < -0.3 is 4.90 Å². The summed E-state index contributed by atoms with van der Waals surface area (Å²) in [4.78, 5) is 14.2. The first-order valence-corrected chi connectivity index (χ1v) is 7.06. The monoisotopic (exact) mass is 315 g/mol.